The fourth-order valence-corrected chi connectivity index (χ4v) is 2.37. The molecule has 2 rings (SSSR count). The predicted octanol–water partition coefficient (Wildman–Crippen LogP) is 3.44. The Morgan fingerprint density at radius 2 is 1.86 bits per heavy atom. The highest BCUT2D eigenvalue weighted by molar-refractivity contribution is 5.33. The molecule has 0 aromatic heterocycles. The van der Waals surface area contributed by atoms with Crippen molar-refractivity contribution in [2.45, 2.75) is 25.9 Å². The molecule has 0 aliphatic carbocycles. The van der Waals surface area contributed by atoms with Gasteiger partial charge in [0, 0.05) is 18.2 Å². The summed E-state index contributed by atoms with van der Waals surface area (Å²) in [6.07, 6.45) is 0.908. The minimum atomic E-state index is -0.221. The summed E-state index contributed by atoms with van der Waals surface area (Å²) in [4.78, 5) is 0. The molecule has 0 bridgehead atoms. The number of aliphatic hydroxyl groups excluding tert-OH is 1. The smallest absolute Gasteiger partial charge is 0.123 e. The summed E-state index contributed by atoms with van der Waals surface area (Å²) in [7, 11) is 0. The Kier molecular flexibility index (Phi) is 6.37. The lowest BCUT2D eigenvalue weighted by molar-refractivity contribution is 0.200. The number of ether oxygens (including phenoxy) is 1. The third kappa shape index (κ3) is 4.55. The molecular weight excluding hydrogens is 281 g/mol. The van der Waals surface area contributed by atoms with Gasteiger partial charge >= 0.3 is 0 Å². The van der Waals surface area contributed by atoms with Crippen molar-refractivity contribution < 1.29 is 14.2 Å². The Morgan fingerprint density at radius 3 is 2.55 bits per heavy atom. The zero-order valence-electron chi connectivity index (χ0n) is 12.8. The van der Waals surface area contributed by atoms with Crippen LogP contribution >= 0.6 is 0 Å². The van der Waals surface area contributed by atoms with Crippen molar-refractivity contribution in [1.82, 2.24) is 5.32 Å². The lowest BCUT2D eigenvalue weighted by Gasteiger charge is -2.19. The van der Waals surface area contributed by atoms with Crippen LogP contribution in [-0.4, -0.2) is 18.3 Å². The van der Waals surface area contributed by atoms with Gasteiger partial charge in [0.1, 0.15) is 18.2 Å². The first-order valence-electron chi connectivity index (χ1n) is 7.55. The molecule has 2 N–H and O–H groups in total. The first-order valence-corrected chi connectivity index (χ1v) is 7.55. The van der Waals surface area contributed by atoms with Crippen LogP contribution in [0.1, 0.15) is 30.5 Å². The van der Waals surface area contributed by atoms with Gasteiger partial charge < -0.3 is 15.2 Å². The number of nitrogens with one attached hydrogen (secondary N) is 1. The lowest BCUT2D eigenvalue weighted by atomic mass is 10.0. The predicted molar refractivity (Wildman–Crippen MR) is 85.3 cm³/mol. The molecule has 118 valence electrons. The van der Waals surface area contributed by atoms with Crippen molar-refractivity contribution in [2.24, 2.45) is 0 Å². The Morgan fingerprint density at radius 1 is 1.14 bits per heavy atom. The molecule has 0 saturated heterocycles. The Bertz CT molecular complexity index is 572. The normalized spacial score (nSPS) is 12.1. The minimum absolute atomic E-state index is 0.00503. The number of aliphatic hydroxyl groups is 1. The first kappa shape index (κ1) is 16.5. The number of halogens is 1. The van der Waals surface area contributed by atoms with E-state index in [1.165, 1.54) is 12.1 Å². The summed E-state index contributed by atoms with van der Waals surface area (Å²) in [6, 6.07) is 14.5. The van der Waals surface area contributed by atoms with E-state index in [-0.39, 0.29) is 25.1 Å². The molecule has 0 aliphatic heterocycles. The van der Waals surface area contributed by atoms with Crippen LogP contribution in [0.2, 0.25) is 0 Å². The van der Waals surface area contributed by atoms with Gasteiger partial charge in [-0.25, -0.2) is 4.39 Å². The summed E-state index contributed by atoms with van der Waals surface area (Å²) >= 11 is 0. The molecule has 0 aliphatic rings. The van der Waals surface area contributed by atoms with Crippen LogP contribution in [-0.2, 0) is 6.54 Å². The molecule has 0 radical (unpaired) electrons. The summed E-state index contributed by atoms with van der Waals surface area (Å²) < 4.78 is 18.6. The van der Waals surface area contributed by atoms with Crippen LogP contribution in [0.25, 0.3) is 0 Å². The van der Waals surface area contributed by atoms with Gasteiger partial charge in [0.25, 0.3) is 0 Å². The quantitative estimate of drug-likeness (QED) is 0.785. The molecule has 2 aromatic rings. The lowest BCUT2D eigenvalue weighted by Crippen LogP contribution is -2.20. The number of hydrogen-bond acceptors (Lipinski definition) is 3. The van der Waals surface area contributed by atoms with Crippen LogP contribution in [0.4, 0.5) is 4.39 Å². The number of benzene rings is 2. The van der Waals surface area contributed by atoms with Crippen LogP contribution in [0.15, 0.2) is 48.5 Å². The maximum Gasteiger partial charge on any atom is 0.123 e. The van der Waals surface area contributed by atoms with Crippen LogP contribution < -0.4 is 10.1 Å². The van der Waals surface area contributed by atoms with Gasteiger partial charge in [0.05, 0.1) is 6.61 Å². The largest absolute Gasteiger partial charge is 0.491 e. The van der Waals surface area contributed by atoms with Gasteiger partial charge in [-0.15, -0.1) is 0 Å². The summed E-state index contributed by atoms with van der Waals surface area (Å²) in [5.41, 5.74) is 2.11. The van der Waals surface area contributed by atoms with E-state index < -0.39 is 0 Å². The molecule has 4 heteroatoms. The second kappa shape index (κ2) is 8.51. The average molecular weight is 303 g/mol. The highest BCUT2D eigenvalue weighted by atomic mass is 19.1. The zero-order valence-corrected chi connectivity index (χ0v) is 12.8. The first-order chi connectivity index (χ1) is 10.7. The van der Waals surface area contributed by atoms with Crippen molar-refractivity contribution in [3.63, 3.8) is 0 Å². The average Bonchev–Trinajstić information content (AvgIpc) is 2.56. The molecule has 0 saturated carbocycles. The maximum absolute atomic E-state index is 13.0. The van der Waals surface area contributed by atoms with Gasteiger partial charge in [-0.05, 0) is 30.2 Å². The standard InChI is InChI=1S/C18H22FNO2/c1-2-17(14-7-9-16(19)10-8-14)20-13-15-5-3-4-6-18(15)22-12-11-21/h3-10,17,20-21H,2,11-13H2,1H3. The molecule has 0 heterocycles. The van der Waals surface area contributed by atoms with E-state index >= 15 is 0 Å². The molecule has 2 aromatic carbocycles. The third-order valence-electron chi connectivity index (χ3n) is 3.54. The fourth-order valence-electron chi connectivity index (χ4n) is 2.37. The van der Waals surface area contributed by atoms with E-state index in [1.54, 1.807) is 0 Å². The Labute approximate surface area is 130 Å². The topological polar surface area (TPSA) is 41.5 Å². The maximum atomic E-state index is 13.0. The van der Waals surface area contributed by atoms with E-state index in [0.29, 0.717) is 6.54 Å². The van der Waals surface area contributed by atoms with E-state index in [4.69, 9.17) is 9.84 Å². The molecule has 0 amide bonds. The zero-order chi connectivity index (χ0) is 15.8. The van der Waals surface area contributed by atoms with Crippen molar-refractivity contribution in [3.8, 4) is 5.75 Å². The van der Waals surface area contributed by atoms with Crippen molar-refractivity contribution in [1.29, 1.82) is 0 Å². The van der Waals surface area contributed by atoms with Gasteiger partial charge in [0.2, 0.25) is 0 Å². The van der Waals surface area contributed by atoms with Crippen LogP contribution in [0.5, 0.6) is 5.75 Å². The van der Waals surface area contributed by atoms with Gasteiger partial charge in [-0.1, -0.05) is 37.3 Å². The summed E-state index contributed by atoms with van der Waals surface area (Å²) in [5, 5.41) is 12.3. The SMILES string of the molecule is CCC(NCc1ccccc1OCCO)c1ccc(F)cc1. The van der Waals surface area contributed by atoms with Gasteiger partial charge in [-0.3, -0.25) is 0 Å². The second-order valence-corrected chi connectivity index (χ2v) is 5.07. The molecule has 0 spiro atoms. The van der Waals surface area contributed by atoms with E-state index in [0.717, 1.165) is 23.3 Å². The van der Waals surface area contributed by atoms with E-state index in [2.05, 4.69) is 12.2 Å². The van der Waals surface area contributed by atoms with Crippen molar-refractivity contribution >= 4 is 0 Å². The Hall–Kier alpha value is -1.91. The Balaban J connectivity index is 2.02. The highest BCUT2D eigenvalue weighted by Gasteiger charge is 2.10. The molecule has 1 atom stereocenters. The minimum Gasteiger partial charge on any atom is -0.491 e. The van der Waals surface area contributed by atoms with E-state index in [1.807, 2.05) is 36.4 Å². The molecule has 0 fully saturated rings. The molecule has 3 nitrogen and oxygen atoms in total. The van der Waals surface area contributed by atoms with E-state index in [9.17, 15) is 4.39 Å². The number of hydrogen-bond donors (Lipinski definition) is 2. The third-order valence-corrected chi connectivity index (χ3v) is 3.54. The molecular formula is C18H22FNO2. The van der Waals surface area contributed by atoms with Gasteiger partial charge in [-0.2, -0.15) is 0 Å². The molecule has 22 heavy (non-hydrogen) atoms. The van der Waals surface area contributed by atoms with Crippen LogP contribution in [0, 0.1) is 5.82 Å². The monoisotopic (exact) mass is 303 g/mol. The number of rotatable bonds is 8. The van der Waals surface area contributed by atoms with Crippen molar-refractivity contribution in [3.05, 3.63) is 65.5 Å². The summed E-state index contributed by atoms with van der Waals surface area (Å²) in [6.45, 7) is 3.02. The second-order valence-electron chi connectivity index (χ2n) is 5.07. The number of para-hydroxylation sites is 1. The molecule has 1 unspecified atom stereocenters. The van der Waals surface area contributed by atoms with Crippen LogP contribution in [0.3, 0.4) is 0 Å². The highest BCUT2D eigenvalue weighted by Crippen LogP contribution is 2.21. The fraction of sp³-hybridized carbons (Fsp3) is 0.333. The summed E-state index contributed by atoms with van der Waals surface area (Å²) in [5.74, 6) is 0.555. The van der Waals surface area contributed by atoms with Gasteiger partial charge in [0.15, 0.2) is 0 Å². The van der Waals surface area contributed by atoms with Crippen molar-refractivity contribution in [2.75, 3.05) is 13.2 Å².